The molecule has 0 fully saturated rings. The lowest BCUT2D eigenvalue weighted by Gasteiger charge is -2.31. The average molecular weight is 300 g/mol. The second-order valence-electron chi connectivity index (χ2n) is 5.09. The zero-order chi connectivity index (χ0) is 12.9. The molecule has 17 heavy (non-hydrogen) atoms. The Morgan fingerprint density at radius 1 is 1.35 bits per heavy atom. The van der Waals surface area contributed by atoms with E-state index < -0.39 is 0 Å². The van der Waals surface area contributed by atoms with Gasteiger partial charge < -0.3 is 10.0 Å². The highest BCUT2D eigenvalue weighted by Crippen LogP contribution is 2.23. The molecule has 1 N–H and O–H groups in total. The minimum absolute atomic E-state index is 0.00396. The molecule has 0 amide bonds. The van der Waals surface area contributed by atoms with Crippen LogP contribution in [-0.4, -0.2) is 30.2 Å². The van der Waals surface area contributed by atoms with Crippen molar-refractivity contribution >= 4 is 15.9 Å². The maximum absolute atomic E-state index is 9.42. The molecule has 0 aliphatic heterocycles. The minimum Gasteiger partial charge on any atom is -0.396 e. The monoisotopic (exact) mass is 299 g/mol. The summed E-state index contributed by atoms with van der Waals surface area (Å²) in [6.07, 6.45) is 0.990. The van der Waals surface area contributed by atoms with E-state index in [9.17, 15) is 5.11 Å². The predicted molar refractivity (Wildman–Crippen MR) is 76.0 cm³/mol. The van der Waals surface area contributed by atoms with E-state index in [1.807, 2.05) is 6.07 Å². The SMILES string of the molecule is CCC(C)(CO)CN(C)Cc1ccccc1Br. The van der Waals surface area contributed by atoms with Crippen molar-refractivity contribution in [2.24, 2.45) is 5.41 Å². The Kier molecular flexibility index (Phi) is 5.63. The van der Waals surface area contributed by atoms with E-state index in [1.54, 1.807) is 0 Å². The van der Waals surface area contributed by atoms with Gasteiger partial charge in [0.05, 0.1) is 0 Å². The van der Waals surface area contributed by atoms with Gasteiger partial charge in [-0.15, -0.1) is 0 Å². The van der Waals surface area contributed by atoms with Crippen LogP contribution >= 0.6 is 15.9 Å². The van der Waals surface area contributed by atoms with E-state index in [0.717, 1.165) is 24.0 Å². The Morgan fingerprint density at radius 3 is 2.53 bits per heavy atom. The molecule has 0 heterocycles. The molecule has 0 aromatic heterocycles. The van der Waals surface area contributed by atoms with Gasteiger partial charge in [-0.2, -0.15) is 0 Å². The minimum atomic E-state index is -0.00396. The molecule has 3 heteroatoms. The summed E-state index contributed by atoms with van der Waals surface area (Å²) in [5, 5.41) is 9.42. The van der Waals surface area contributed by atoms with E-state index in [0.29, 0.717) is 0 Å². The van der Waals surface area contributed by atoms with Crippen LogP contribution in [0.3, 0.4) is 0 Å². The predicted octanol–water partition coefficient (Wildman–Crippen LogP) is 3.29. The van der Waals surface area contributed by atoms with Crippen molar-refractivity contribution in [2.45, 2.75) is 26.8 Å². The van der Waals surface area contributed by atoms with E-state index in [1.165, 1.54) is 5.56 Å². The summed E-state index contributed by atoms with van der Waals surface area (Å²) in [5.74, 6) is 0. The first kappa shape index (κ1) is 14.7. The van der Waals surface area contributed by atoms with Crippen LogP contribution < -0.4 is 0 Å². The Hall–Kier alpha value is -0.380. The van der Waals surface area contributed by atoms with Crippen molar-refractivity contribution < 1.29 is 5.11 Å². The van der Waals surface area contributed by atoms with Gasteiger partial charge in [0.15, 0.2) is 0 Å². The fraction of sp³-hybridized carbons (Fsp3) is 0.571. The third kappa shape index (κ3) is 4.41. The molecule has 0 aliphatic rings. The summed E-state index contributed by atoms with van der Waals surface area (Å²) in [7, 11) is 2.10. The molecule has 1 unspecified atom stereocenters. The van der Waals surface area contributed by atoms with Gasteiger partial charge in [-0.05, 0) is 25.1 Å². The zero-order valence-corrected chi connectivity index (χ0v) is 12.5. The normalized spacial score (nSPS) is 14.9. The molecular weight excluding hydrogens is 278 g/mol. The van der Waals surface area contributed by atoms with Gasteiger partial charge in [0, 0.05) is 29.6 Å². The highest BCUT2D eigenvalue weighted by atomic mass is 79.9. The number of aliphatic hydroxyl groups excluding tert-OH is 1. The second-order valence-corrected chi connectivity index (χ2v) is 5.94. The lowest BCUT2D eigenvalue weighted by molar-refractivity contribution is 0.0929. The van der Waals surface area contributed by atoms with E-state index in [-0.39, 0.29) is 12.0 Å². The molecule has 1 atom stereocenters. The van der Waals surface area contributed by atoms with Gasteiger partial charge in [0.1, 0.15) is 0 Å². The van der Waals surface area contributed by atoms with Crippen molar-refractivity contribution in [3.05, 3.63) is 34.3 Å². The molecule has 0 aliphatic carbocycles. The summed E-state index contributed by atoms with van der Waals surface area (Å²) in [6, 6.07) is 8.27. The van der Waals surface area contributed by atoms with Gasteiger partial charge in [0.25, 0.3) is 0 Å². The quantitative estimate of drug-likeness (QED) is 0.871. The van der Waals surface area contributed by atoms with Crippen molar-refractivity contribution in [3.63, 3.8) is 0 Å². The molecule has 0 bridgehead atoms. The molecule has 0 saturated carbocycles. The molecule has 0 spiro atoms. The standard InChI is InChI=1S/C14H22BrNO/c1-4-14(2,11-17)10-16(3)9-12-7-5-6-8-13(12)15/h5-8,17H,4,9-11H2,1-3H3. The first-order valence-corrected chi connectivity index (χ1v) is 6.83. The number of hydrogen-bond acceptors (Lipinski definition) is 2. The maximum atomic E-state index is 9.42. The first-order chi connectivity index (χ1) is 8.00. The van der Waals surface area contributed by atoms with Crippen LogP contribution in [0.5, 0.6) is 0 Å². The van der Waals surface area contributed by atoms with E-state index in [2.05, 4.69) is 59.9 Å². The summed E-state index contributed by atoms with van der Waals surface area (Å²) in [4.78, 5) is 2.26. The van der Waals surface area contributed by atoms with Crippen LogP contribution in [0.4, 0.5) is 0 Å². The van der Waals surface area contributed by atoms with Gasteiger partial charge in [-0.25, -0.2) is 0 Å². The highest BCUT2D eigenvalue weighted by molar-refractivity contribution is 9.10. The summed E-state index contributed by atoms with van der Waals surface area (Å²) >= 11 is 3.56. The molecule has 1 aromatic carbocycles. The molecule has 0 radical (unpaired) electrons. The summed E-state index contributed by atoms with van der Waals surface area (Å²) < 4.78 is 1.15. The van der Waals surface area contributed by atoms with Crippen molar-refractivity contribution in [1.82, 2.24) is 4.90 Å². The largest absolute Gasteiger partial charge is 0.396 e. The first-order valence-electron chi connectivity index (χ1n) is 6.03. The van der Waals surface area contributed by atoms with Crippen LogP contribution in [0.25, 0.3) is 0 Å². The number of rotatable bonds is 6. The number of benzene rings is 1. The number of aliphatic hydroxyl groups is 1. The molecule has 2 nitrogen and oxygen atoms in total. The average Bonchev–Trinajstić information content (AvgIpc) is 2.32. The Morgan fingerprint density at radius 2 is 2.00 bits per heavy atom. The highest BCUT2D eigenvalue weighted by Gasteiger charge is 2.23. The third-order valence-corrected chi connectivity index (χ3v) is 4.06. The van der Waals surface area contributed by atoms with Crippen molar-refractivity contribution in [2.75, 3.05) is 20.2 Å². The second kappa shape index (κ2) is 6.53. The van der Waals surface area contributed by atoms with Gasteiger partial charge >= 0.3 is 0 Å². The molecular formula is C14H22BrNO. The smallest absolute Gasteiger partial charge is 0.0496 e. The molecule has 1 aromatic rings. The Bertz CT molecular complexity index is 350. The van der Waals surface area contributed by atoms with Crippen LogP contribution in [-0.2, 0) is 6.54 Å². The van der Waals surface area contributed by atoms with Crippen molar-refractivity contribution in [3.8, 4) is 0 Å². The van der Waals surface area contributed by atoms with Gasteiger partial charge in [-0.1, -0.05) is 48.0 Å². The molecule has 1 rings (SSSR count). The van der Waals surface area contributed by atoms with Gasteiger partial charge in [0.2, 0.25) is 0 Å². The fourth-order valence-electron chi connectivity index (χ4n) is 1.90. The fourth-order valence-corrected chi connectivity index (χ4v) is 2.31. The van der Waals surface area contributed by atoms with Crippen LogP contribution in [0.15, 0.2) is 28.7 Å². The number of halogens is 1. The topological polar surface area (TPSA) is 23.5 Å². The maximum Gasteiger partial charge on any atom is 0.0496 e. The number of hydrogen-bond donors (Lipinski definition) is 1. The third-order valence-electron chi connectivity index (χ3n) is 3.29. The Balaban J connectivity index is 2.61. The van der Waals surface area contributed by atoms with Crippen LogP contribution in [0.2, 0.25) is 0 Å². The molecule has 96 valence electrons. The van der Waals surface area contributed by atoms with Crippen molar-refractivity contribution in [1.29, 1.82) is 0 Å². The zero-order valence-electron chi connectivity index (χ0n) is 10.9. The molecule has 0 saturated heterocycles. The number of nitrogens with zero attached hydrogens (tertiary/aromatic N) is 1. The lowest BCUT2D eigenvalue weighted by atomic mass is 9.88. The summed E-state index contributed by atoms with van der Waals surface area (Å²) in [6.45, 7) is 6.30. The van der Waals surface area contributed by atoms with E-state index >= 15 is 0 Å². The Labute approximate surface area is 113 Å². The summed E-state index contributed by atoms with van der Waals surface area (Å²) in [5.41, 5.74) is 1.28. The van der Waals surface area contributed by atoms with Gasteiger partial charge in [-0.3, -0.25) is 0 Å². The lowest BCUT2D eigenvalue weighted by Crippen LogP contribution is -2.35. The van der Waals surface area contributed by atoms with Crippen LogP contribution in [0, 0.1) is 5.41 Å². The van der Waals surface area contributed by atoms with E-state index in [4.69, 9.17) is 0 Å². The van der Waals surface area contributed by atoms with Crippen LogP contribution in [0.1, 0.15) is 25.8 Å².